The quantitative estimate of drug-likeness (QED) is 0.761. The Morgan fingerprint density at radius 2 is 2.22 bits per heavy atom. The van der Waals surface area contributed by atoms with Gasteiger partial charge in [0.2, 0.25) is 11.8 Å². The van der Waals surface area contributed by atoms with E-state index in [1.807, 2.05) is 36.8 Å². The van der Waals surface area contributed by atoms with Crippen LogP contribution in [-0.2, 0) is 16.0 Å². The molecule has 0 bridgehead atoms. The van der Waals surface area contributed by atoms with E-state index in [1.165, 1.54) is 4.88 Å². The summed E-state index contributed by atoms with van der Waals surface area (Å²) in [5.41, 5.74) is 0. The third-order valence-corrected chi connectivity index (χ3v) is 5.81. The Kier molecular flexibility index (Phi) is 6.48. The molecule has 128 valence electrons. The molecule has 1 fully saturated rings. The van der Waals surface area contributed by atoms with Gasteiger partial charge in [0.15, 0.2) is 0 Å². The first-order valence-corrected chi connectivity index (χ1v) is 9.48. The fourth-order valence-electron chi connectivity index (χ4n) is 3.08. The summed E-state index contributed by atoms with van der Waals surface area (Å²) in [5, 5.41) is 2.05. The Labute approximate surface area is 147 Å². The lowest BCUT2D eigenvalue weighted by Gasteiger charge is -2.39. The largest absolute Gasteiger partial charge is 0.343 e. The minimum Gasteiger partial charge on any atom is -0.343 e. The first-order chi connectivity index (χ1) is 10.9. The van der Waals surface area contributed by atoms with Gasteiger partial charge < -0.3 is 9.80 Å². The third-order valence-electron chi connectivity index (χ3n) is 4.68. The lowest BCUT2D eigenvalue weighted by Crippen LogP contribution is -2.50. The molecule has 2 atom stereocenters. The smallest absolute Gasteiger partial charge is 0.237 e. The molecule has 0 saturated carbocycles. The van der Waals surface area contributed by atoms with Crippen molar-refractivity contribution in [3.8, 4) is 0 Å². The summed E-state index contributed by atoms with van der Waals surface area (Å²) in [6.07, 6.45) is 1.56. The molecule has 0 aliphatic carbocycles. The van der Waals surface area contributed by atoms with Gasteiger partial charge in [0, 0.05) is 37.0 Å². The molecule has 6 heteroatoms. The van der Waals surface area contributed by atoms with Crippen molar-refractivity contribution < 1.29 is 9.59 Å². The Morgan fingerprint density at radius 1 is 1.48 bits per heavy atom. The van der Waals surface area contributed by atoms with Crippen LogP contribution in [0.2, 0.25) is 0 Å². The molecular weight excluding hydrogens is 332 g/mol. The zero-order valence-electron chi connectivity index (χ0n) is 14.0. The van der Waals surface area contributed by atoms with E-state index in [1.54, 1.807) is 11.3 Å². The average Bonchev–Trinajstić information content (AvgIpc) is 3.05. The summed E-state index contributed by atoms with van der Waals surface area (Å²) in [6.45, 7) is 5.29. The van der Waals surface area contributed by atoms with Crippen molar-refractivity contribution in [1.82, 2.24) is 9.80 Å². The van der Waals surface area contributed by atoms with Crippen molar-refractivity contribution in [1.29, 1.82) is 0 Å². The number of piperidine rings is 1. The number of nitrogens with zero attached hydrogens (tertiary/aromatic N) is 2. The fraction of sp³-hybridized carbons (Fsp3) is 0.647. The van der Waals surface area contributed by atoms with Crippen LogP contribution in [-0.4, -0.2) is 53.7 Å². The van der Waals surface area contributed by atoms with Crippen LogP contribution in [0.15, 0.2) is 17.5 Å². The number of amides is 2. The molecule has 0 aromatic carbocycles. The number of thiophene rings is 1. The van der Waals surface area contributed by atoms with Gasteiger partial charge in [0.25, 0.3) is 0 Å². The van der Waals surface area contributed by atoms with Crippen LogP contribution in [0.25, 0.3) is 0 Å². The molecule has 1 aliphatic rings. The van der Waals surface area contributed by atoms with E-state index in [0.717, 1.165) is 6.42 Å². The number of rotatable bonds is 5. The number of carbonyl (C=O) groups is 2. The molecule has 1 aliphatic heterocycles. The highest BCUT2D eigenvalue weighted by molar-refractivity contribution is 7.09. The number of carbonyl (C=O) groups excluding carboxylic acids is 2. The van der Waals surface area contributed by atoms with Crippen LogP contribution in [0.4, 0.5) is 0 Å². The zero-order chi connectivity index (χ0) is 17.0. The molecule has 0 radical (unpaired) electrons. The second-order valence-corrected chi connectivity index (χ2v) is 7.75. The standard InChI is InChI=1S/C17H25ClN2O2S/c1-12(2)19(3)17(22)15-6-7-20(16(21)10-18)11-13(15)9-14-5-4-8-23-14/h4-5,8,12-13,15H,6-7,9-11H2,1-3H3. The molecule has 1 aromatic heterocycles. The average molecular weight is 357 g/mol. The topological polar surface area (TPSA) is 40.6 Å². The number of hydrogen-bond acceptors (Lipinski definition) is 3. The van der Waals surface area contributed by atoms with Crippen molar-refractivity contribution in [3.63, 3.8) is 0 Å². The van der Waals surface area contributed by atoms with E-state index >= 15 is 0 Å². The number of hydrogen-bond donors (Lipinski definition) is 0. The summed E-state index contributed by atoms with van der Waals surface area (Å²) < 4.78 is 0. The predicted molar refractivity (Wildman–Crippen MR) is 94.8 cm³/mol. The Morgan fingerprint density at radius 3 is 2.78 bits per heavy atom. The normalized spacial score (nSPS) is 21.5. The molecule has 0 spiro atoms. The molecule has 2 amide bonds. The van der Waals surface area contributed by atoms with Crippen LogP contribution >= 0.6 is 22.9 Å². The Bertz CT molecular complexity index is 533. The SMILES string of the molecule is CC(C)N(C)C(=O)C1CCN(C(=O)CCl)CC1Cc1cccs1. The molecule has 1 aromatic rings. The van der Waals surface area contributed by atoms with Gasteiger partial charge in [-0.3, -0.25) is 9.59 Å². The first kappa shape index (κ1) is 18.3. The summed E-state index contributed by atoms with van der Waals surface area (Å²) in [7, 11) is 1.87. The molecular formula is C17H25ClN2O2S. The molecule has 4 nitrogen and oxygen atoms in total. The van der Waals surface area contributed by atoms with Crippen LogP contribution < -0.4 is 0 Å². The predicted octanol–water partition coefficient (Wildman–Crippen LogP) is 2.86. The fourth-order valence-corrected chi connectivity index (χ4v) is 4.05. The second kappa shape index (κ2) is 8.15. The Hall–Kier alpha value is -1.07. The van der Waals surface area contributed by atoms with Gasteiger partial charge in [0.05, 0.1) is 0 Å². The van der Waals surface area contributed by atoms with E-state index in [4.69, 9.17) is 11.6 Å². The summed E-state index contributed by atoms with van der Waals surface area (Å²) in [6, 6.07) is 4.31. The number of halogens is 1. The van der Waals surface area contributed by atoms with Crippen LogP contribution in [0, 0.1) is 11.8 Å². The summed E-state index contributed by atoms with van der Waals surface area (Å²) in [4.78, 5) is 29.7. The van der Waals surface area contributed by atoms with Gasteiger partial charge >= 0.3 is 0 Å². The van der Waals surface area contributed by atoms with Gasteiger partial charge in [-0.25, -0.2) is 0 Å². The van der Waals surface area contributed by atoms with Gasteiger partial charge in [-0.1, -0.05) is 6.07 Å². The maximum absolute atomic E-state index is 12.8. The van der Waals surface area contributed by atoms with E-state index in [9.17, 15) is 9.59 Å². The highest BCUT2D eigenvalue weighted by atomic mass is 35.5. The van der Waals surface area contributed by atoms with Crippen molar-refractivity contribution in [2.24, 2.45) is 11.8 Å². The first-order valence-electron chi connectivity index (χ1n) is 8.06. The van der Waals surface area contributed by atoms with Crippen LogP contribution in [0.3, 0.4) is 0 Å². The summed E-state index contributed by atoms with van der Waals surface area (Å²) >= 11 is 7.41. The van der Waals surface area contributed by atoms with Crippen molar-refractivity contribution in [2.45, 2.75) is 32.7 Å². The third kappa shape index (κ3) is 4.48. The number of likely N-dealkylation sites (tertiary alicyclic amines) is 1. The van der Waals surface area contributed by atoms with Crippen molar-refractivity contribution in [3.05, 3.63) is 22.4 Å². The lowest BCUT2D eigenvalue weighted by atomic mass is 9.81. The molecule has 1 saturated heterocycles. The van der Waals surface area contributed by atoms with E-state index in [2.05, 4.69) is 11.4 Å². The second-order valence-electron chi connectivity index (χ2n) is 6.46. The van der Waals surface area contributed by atoms with Gasteiger partial charge in [-0.05, 0) is 44.1 Å². The van der Waals surface area contributed by atoms with Gasteiger partial charge in [-0.2, -0.15) is 0 Å². The van der Waals surface area contributed by atoms with E-state index in [-0.39, 0.29) is 35.6 Å². The van der Waals surface area contributed by atoms with E-state index in [0.29, 0.717) is 19.5 Å². The minimum absolute atomic E-state index is 0.0102. The highest BCUT2D eigenvalue weighted by Crippen LogP contribution is 2.30. The van der Waals surface area contributed by atoms with Gasteiger partial charge in [0.1, 0.15) is 5.88 Å². The Balaban J connectivity index is 2.15. The highest BCUT2D eigenvalue weighted by Gasteiger charge is 2.37. The van der Waals surface area contributed by atoms with Gasteiger partial charge in [-0.15, -0.1) is 22.9 Å². The van der Waals surface area contributed by atoms with Crippen LogP contribution in [0.1, 0.15) is 25.1 Å². The van der Waals surface area contributed by atoms with Crippen molar-refractivity contribution in [2.75, 3.05) is 26.0 Å². The maximum atomic E-state index is 12.8. The molecule has 2 heterocycles. The lowest BCUT2D eigenvalue weighted by molar-refractivity contribution is -0.143. The van der Waals surface area contributed by atoms with Crippen LogP contribution in [0.5, 0.6) is 0 Å². The molecule has 23 heavy (non-hydrogen) atoms. The summed E-state index contributed by atoms with van der Waals surface area (Å²) in [5.74, 6) is 0.300. The zero-order valence-corrected chi connectivity index (χ0v) is 15.6. The van der Waals surface area contributed by atoms with E-state index < -0.39 is 0 Å². The molecule has 2 unspecified atom stereocenters. The van der Waals surface area contributed by atoms with Crippen molar-refractivity contribution >= 4 is 34.8 Å². The number of alkyl halides is 1. The molecule has 2 rings (SSSR count). The maximum Gasteiger partial charge on any atom is 0.237 e. The minimum atomic E-state index is -0.0361. The monoisotopic (exact) mass is 356 g/mol. The molecule has 0 N–H and O–H groups in total.